The van der Waals surface area contributed by atoms with E-state index >= 15 is 0 Å². The minimum absolute atomic E-state index is 0.227. The van der Waals surface area contributed by atoms with Crippen molar-refractivity contribution < 1.29 is 4.79 Å². The molecule has 3 N–H and O–H groups in total. The summed E-state index contributed by atoms with van der Waals surface area (Å²) < 4.78 is 0. The molecule has 0 saturated heterocycles. The number of pyridine rings is 2. The first-order chi connectivity index (χ1) is 14.9. The second-order valence-corrected chi connectivity index (χ2v) is 7.84. The fraction of sp³-hybridized carbons (Fsp3) is 0.174. The van der Waals surface area contributed by atoms with Gasteiger partial charge in [-0.2, -0.15) is 10.2 Å². The summed E-state index contributed by atoms with van der Waals surface area (Å²) in [5.41, 5.74) is 11.5. The molecule has 0 bridgehead atoms. The third kappa shape index (κ3) is 4.78. The molecule has 3 aromatic heterocycles. The SMILES string of the molecule is Cc1cc(N)nc(C)c1CNC(=O)c1cnnc(Cc2cnc3ccc(Cl)cc3c2)c1. The number of halogens is 1. The number of hydrogen-bond acceptors (Lipinski definition) is 6. The normalized spacial score (nSPS) is 10.9. The highest BCUT2D eigenvalue weighted by atomic mass is 35.5. The Bertz CT molecular complexity index is 1270. The molecule has 1 amide bonds. The molecule has 0 unspecified atom stereocenters. The van der Waals surface area contributed by atoms with Gasteiger partial charge in [-0.25, -0.2) is 4.98 Å². The van der Waals surface area contributed by atoms with Gasteiger partial charge in [-0.1, -0.05) is 11.6 Å². The van der Waals surface area contributed by atoms with Crippen LogP contribution in [-0.4, -0.2) is 26.1 Å². The zero-order chi connectivity index (χ0) is 22.0. The molecule has 0 aliphatic carbocycles. The Hall–Kier alpha value is -3.58. The molecule has 1 aromatic carbocycles. The van der Waals surface area contributed by atoms with Gasteiger partial charge in [-0.3, -0.25) is 9.78 Å². The Morgan fingerprint density at radius 2 is 1.97 bits per heavy atom. The van der Waals surface area contributed by atoms with Gasteiger partial charge in [0, 0.05) is 35.3 Å². The van der Waals surface area contributed by atoms with Gasteiger partial charge in [0.1, 0.15) is 5.82 Å². The summed E-state index contributed by atoms with van der Waals surface area (Å²) in [4.78, 5) is 21.4. The Labute approximate surface area is 184 Å². The number of nitrogens with zero attached hydrogens (tertiary/aromatic N) is 4. The molecule has 0 atom stereocenters. The smallest absolute Gasteiger partial charge is 0.253 e. The van der Waals surface area contributed by atoms with E-state index in [1.54, 1.807) is 18.3 Å². The number of carbonyl (C=O) groups is 1. The molecule has 0 spiro atoms. The molecule has 7 nitrogen and oxygen atoms in total. The van der Waals surface area contributed by atoms with Crippen molar-refractivity contribution in [3.05, 3.63) is 87.5 Å². The van der Waals surface area contributed by atoms with E-state index in [9.17, 15) is 4.79 Å². The van der Waals surface area contributed by atoms with E-state index in [2.05, 4.69) is 25.5 Å². The topological polar surface area (TPSA) is 107 Å². The standard InChI is InChI=1S/C23H21ClN6O/c1-13-5-22(25)29-14(2)20(13)12-27-23(31)17-9-19(30-28-11-17)7-15-6-16-8-18(24)3-4-21(16)26-10-15/h3-6,8-11H,7,12H2,1-2H3,(H2,25,29)(H,27,31). The second kappa shape index (κ2) is 8.65. The maximum Gasteiger partial charge on any atom is 0.253 e. The Kier molecular flexibility index (Phi) is 5.77. The van der Waals surface area contributed by atoms with Crippen LogP contribution in [0, 0.1) is 13.8 Å². The number of nitrogen functional groups attached to an aromatic ring is 1. The molecule has 3 heterocycles. The molecule has 4 aromatic rings. The van der Waals surface area contributed by atoms with Gasteiger partial charge in [-0.15, -0.1) is 0 Å². The lowest BCUT2D eigenvalue weighted by Gasteiger charge is -2.11. The molecule has 0 radical (unpaired) electrons. The van der Waals surface area contributed by atoms with Crippen LogP contribution < -0.4 is 11.1 Å². The summed E-state index contributed by atoms with van der Waals surface area (Å²) >= 11 is 6.08. The highest BCUT2D eigenvalue weighted by Crippen LogP contribution is 2.20. The van der Waals surface area contributed by atoms with Crippen LogP contribution in [0.2, 0.25) is 5.02 Å². The number of aromatic nitrogens is 4. The number of carbonyl (C=O) groups excluding carboxylic acids is 1. The second-order valence-electron chi connectivity index (χ2n) is 7.40. The number of amides is 1. The number of aryl methyl sites for hydroxylation is 2. The van der Waals surface area contributed by atoms with Gasteiger partial charge >= 0.3 is 0 Å². The maximum atomic E-state index is 12.7. The molecule has 0 aliphatic heterocycles. The summed E-state index contributed by atoms with van der Waals surface area (Å²) in [5, 5.41) is 12.7. The molecule has 0 aliphatic rings. The summed E-state index contributed by atoms with van der Waals surface area (Å²) in [6.07, 6.45) is 3.76. The fourth-order valence-electron chi connectivity index (χ4n) is 3.50. The highest BCUT2D eigenvalue weighted by Gasteiger charge is 2.12. The first-order valence-electron chi connectivity index (χ1n) is 9.75. The molecular formula is C23H21ClN6O. The van der Waals surface area contributed by atoms with Crippen LogP contribution in [0.5, 0.6) is 0 Å². The number of hydrogen-bond donors (Lipinski definition) is 2. The molecule has 0 fully saturated rings. The van der Waals surface area contributed by atoms with Gasteiger partial charge in [0.2, 0.25) is 0 Å². The Morgan fingerprint density at radius 1 is 1.13 bits per heavy atom. The zero-order valence-corrected chi connectivity index (χ0v) is 17.9. The molecule has 31 heavy (non-hydrogen) atoms. The Morgan fingerprint density at radius 3 is 2.77 bits per heavy atom. The van der Waals surface area contributed by atoms with Crippen LogP contribution >= 0.6 is 11.6 Å². The molecule has 8 heteroatoms. The number of anilines is 1. The first kappa shape index (κ1) is 20.7. The third-order valence-corrected chi connectivity index (χ3v) is 5.29. The lowest BCUT2D eigenvalue weighted by molar-refractivity contribution is 0.0950. The fourth-order valence-corrected chi connectivity index (χ4v) is 3.68. The predicted octanol–water partition coefficient (Wildman–Crippen LogP) is 3.79. The first-order valence-corrected chi connectivity index (χ1v) is 10.1. The van der Waals surface area contributed by atoms with Gasteiger partial charge in [0.05, 0.1) is 23.0 Å². The van der Waals surface area contributed by atoms with Gasteiger partial charge < -0.3 is 11.1 Å². The van der Waals surface area contributed by atoms with Crippen molar-refractivity contribution in [3.63, 3.8) is 0 Å². The van der Waals surface area contributed by atoms with E-state index in [1.807, 2.05) is 38.1 Å². The zero-order valence-electron chi connectivity index (χ0n) is 17.2. The van der Waals surface area contributed by atoms with E-state index < -0.39 is 0 Å². The van der Waals surface area contributed by atoms with Crippen LogP contribution in [-0.2, 0) is 13.0 Å². The van der Waals surface area contributed by atoms with E-state index in [0.717, 1.165) is 33.3 Å². The van der Waals surface area contributed by atoms with Gasteiger partial charge in [-0.05, 0) is 66.9 Å². The summed E-state index contributed by atoms with van der Waals surface area (Å²) in [6.45, 7) is 4.18. The lowest BCUT2D eigenvalue weighted by Crippen LogP contribution is -2.24. The average Bonchev–Trinajstić information content (AvgIpc) is 2.72. The molecule has 4 rings (SSSR count). The van der Waals surface area contributed by atoms with Crippen molar-refractivity contribution in [2.75, 3.05) is 5.73 Å². The van der Waals surface area contributed by atoms with Crippen LogP contribution in [0.25, 0.3) is 10.9 Å². The number of nitrogens with two attached hydrogens (primary N) is 1. The predicted molar refractivity (Wildman–Crippen MR) is 121 cm³/mol. The minimum Gasteiger partial charge on any atom is -0.384 e. The molecule has 0 saturated carbocycles. The number of fused-ring (bicyclic) bond motifs is 1. The third-order valence-electron chi connectivity index (χ3n) is 5.05. The van der Waals surface area contributed by atoms with Gasteiger partial charge in [0.25, 0.3) is 5.91 Å². The quantitative estimate of drug-likeness (QED) is 0.496. The maximum absolute atomic E-state index is 12.7. The van der Waals surface area contributed by atoms with E-state index in [0.29, 0.717) is 35.1 Å². The van der Waals surface area contributed by atoms with Crippen molar-refractivity contribution in [1.29, 1.82) is 0 Å². The summed E-state index contributed by atoms with van der Waals surface area (Å²) in [7, 11) is 0. The van der Waals surface area contributed by atoms with Crippen molar-refractivity contribution in [2.24, 2.45) is 0 Å². The number of nitrogens with one attached hydrogen (secondary N) is 1. The molecule has 156 valence electrons. The van der Waals surface area contributed by atoms with Crippen LogP contribution in [0.3, 0.4) is 0 Å². The van der Waals surface area contributed by atoms with Crippen LogP contribution in [0.1, 0.15) is 38.4 Å². The van der Waals surface area contributed by atoms with Crippen molar-refractivity contribution in [1.82, 2.24) is 25.5 Å². The van der Waals surface area contributed by atoms with Crippen molar-refractivity contribution >= 4 is 34.2 Å². The van der Waals surface area contributed by atoms with E-state index in [1.165, 1.54) is 6.20 Å². The van der Waals surface area contributed by atoms with Crippen LogP contribution in [0.15, 0.2) is 48.8 Å². The monoisotopic (exact) mass is 432 g/mol. The van der Waals surface area contributed by atoms with Gasteiger partial charge in [0.15, 0.2) is 0 Å². The summed E-state index contributed by atoms with van der Waals surface area (Å²) in [5.74, 6) is 0.244. The van der Waals surface area contributed by atoms with Crippen LogP contribution in [0.4, 0.5) is 5.82 Å². The average molecular weight is 433 g/mol. The lowest BCUT2D eigenvalue weighted by atomic mass is 10.1. The number of rotatable bonds is 5. The van der Waals surface area contributed by atoms with Crippen molar-refractivity contribution in [2.45, 2.75) is 26.8 Å². The largest absolute Gasteiger partial charge is 0.384 e. The minimum atomic E-state index is -0.227. The highest BCUT2D eigenvalue weighted by molar-refractivity contribution is 6.31. The molecular weight excluding hydrogens is 412 g/mol. The Balaban J connectivity index is 1.48. The number of benzene rings is 1. The van der Waals surface area contributed by atoms with E-state index in [-0.39, 0.29) is 5.91 Å². The van der Waals surface area contributed by atoms with E-state index in [4.69, 9.17) is 17.3 Å². The summed E-state index contributed by atoms with van der Waals surface area (Å²) in [6, 6.07) is 11.1. The van der Waals surface area contributed by atoms with Crippen molar-refractivity contribution in [3.8, 4) is 0 Å².